The van der Waals surface area contributed by atoms with Crippen molar-refractivity contribution in [1.29, 1.82) is 0 Å². The first-order chi connectivity index (χ1) is 11.3. The van der Waals surface area contributed by atoms with Gasteiger partial charge in [-0.3, -0.25) is 9.59 Å². The normalized spacial score (nSPS) is 19.6. The van der Waals surface area contributed by atoms with E-state index in [0.717, 1.165) is 12.1 Å². The van der Waals surface area contributed by atoms with Gasteiger partial charge in [-0.2, -0.15) is 13.2 Å². The monoisotopic (exact) mass is 352 g/mol. The van der Waals surface area contributed by atoms with Crippen molar-refractivity contribution in [3.05, 3.63) is 63.9 Å². The van der Waals surface area contributed by atoms with E-state index in [2.05, 4.69) is 0 Å². The molecular formula is C17H11F3O3S. The molecule has 7 heteroatoms. The van der Waals surface area contributed by atoms with Gasteiger partial charge in [0.15, 0.2) is 11.2 Å². The van der Waals surface area contributed by atoms with Crippen molar-refractivity contribution in [3.8, 4) is 0 Å². The molecule has 1 aromatic heterocycles. The maximum atomic E-state index is 12.7. The van der Waals surface area contributed by atoms with Crippen molar-refractivity contribution in [3.63, 3.8) is 0 Å². The first kappa shape index (κ1) is 16.4. The predicted molar refractivity (Wildman–Crippen MR) is 82.5 cm³/mol. The first-order valence-corrected chi connectivity index (χ1v) is 7.76. The quantitative estimate of drug-likeness (QED) is 0.470. The minimum Gasteiger partial charge on any atom is -0.468 e. The molecule has 1 unspecified atom stereocenters. The summed E-state index contributed by atoms with van der Waals surface area (Å²) in [5.41, 5.74) is -1.58. The fourth-order valence-corrected chi connectivity index (χ4v) is 3.27. The SMILES string of the molecule is COC(=O)C1(C(=O)c2cccs2)C=C1c1ccc(C(F)(F)F)cc1. The van der Waals surface area contributed by atoms with Crippen molar-refractivity contribution in [2.24, 2.45) is 5.41 Å². The number of hydrogen-bond donors (Lipinski definition) is 0. The number of ketones is 1. The number of esters is 1. The molecule has 2 aromatic rings. The number of thiophene rings is 1. The van der Waals surface area contributed by atoms with Crippen LogP contribution in [0, 0.1) is 5.41 Å². The summed E-state index contributed by atoms with van der Waals surface area (Å²) in [6, 6.07) is 7.62. The highest BCUT2D eigenvalue weighted by atomic mass is 32.1. The van der Waals surface area contributed by atoms with Crippen LogP contribution in [0.2, 0.25) is 0 Å². The zero-order valence-corrected chi connectivity index (χ0v) is 13.2. The fourth-order valence-electron chi connectivity index (χ4n) is 2.54. The molecule has 1 aliphatic rings. The molecule has 0 bridgehead atoms. The fraction of sp³-hybridized carbons (Fsp3) is 0.176. The zero-order chi connectivity index (χ0) is 17.5. The molecule has 3 nitrogen and oxygen atoms in total. The Kier molecular flexibility index (Phi) is 3.83. The highest BCUT2D eigenvalue weighted by molar-refractivity contribution is 7.12. The maximum Gasteiger partial charge on any atom is 0.416 e. The van der Waals surface area contributed by atoms with Crippen LogP contribution in [-0.2, 0) is 15.7 Å². The van der Waals surface area contributed by atoms with Gasteiger partial charge < -0.3 is 4.74 Å². The number of hydrogen-bond acceptors (Lipinski definition) is 4. The molecule has 0 N–H and O–H groups in total. The van der Waals surface area contributed by atoms with Crippen molar-refractivity contribution in [2.75, 3.05) is 7.11 Å². The van der Waals surface area contributed by atoms with Crippen molar-refractivity contribution in [1.82, 2.24) is 0 Å². The van der Waals surface area contributed by atoms with Crippen LogP contribution in [0.1, 0.15) is 20.8 Å². The lowest BCUT2D eigenvalue weighted by Gasteiger charge is -2.14. The summed E-state index contributed by atoms with van der Waals surface area (Å²) in [4.78, 5) is 25.2. The number of carbonyl (C=O) groups is 2. The summed E-state index contributed by atoms with van der Waals surface area (Å²) in [5, 5.41) is 1.71. The molecule has 1 atom stereocenters. The van der Waals surface area contributed by atoms with E-state index in [0.29, 0.717) is 16.0 Å². The first-order valence-electron chi connectivity index (χ1n) is 6.88. The van der Waals surface area contributed by atoms with Gasteiger partial charge in [-0.05, 0) is 40.8 Å². The molecule has 3 rings (SSSR count). The summed E-state index contributed by atoms with van der Waals surface area (Å²) in [7, 11) is 1.17. The van der Waals surface area contributed by atoms with Crippen LogP contribution < -0.4 is 0 Å². The van der Waals surface area contributed by atoms with E-state index in [9.17, 15) is 22.8 Å². The molecule has 0 fully saturated rings. The van der Waals surface area contributed by atoms with E-state index >= 15 is 0 Å². The molecule has 0 spiro atoms. The van der Waals surface area contributed by atoms with Gasteiger partial charge in [-0.15, -0.1) is 11.3 Å². The van der Waals surface area contributed by atoms with E-state index < -0.39 is 28.9 Å². The van der Waals surface area contributed by atoms with Gasteiger partial charge in [-0.1, -0.05) is 18.2 Å². The summed E-state index contributed by atoms with van der Waals surface area (Å²) in [5.74, 6) is -1.17. The van der Waals surface area contributed by atoms with Crippen molar-refractivity contribution < 1.29 is 27.5 Å². The predicted octanol–water partition coefficient (Wildman–Crippen LogP) is 4.21. The third-order valence-corrected chi connectivity index (χ3v) is 4.70. The standard InChI is InChI=1S/C17H11F3O3S/c1-23-15(22)16(14(21)13-3-2-8-24-13)9-12(16)10-4-6-11(7-5-10)17(18,19)20/h2-9H,1H3. The van der Waals surface area contributed by atoms with Gasteiger partial charge in [-0.25, -0.2) is 0 Å². The lowest BCUT2D eigenvalue weighted by atomic mass is 9.90. The number of Topliss-reactive ketones (excluding diaryl/α,β-unsaturated/α-hetero) is 1. The minimum absolute atomic E-state index is 0.362. The Bertz CT molecular complexity index is 820. The molecule has 0 aliphatic heterocycles. The summed E-state index contributed by atoms with van der Waals surface area (Å²) in [6.07, 6.45) is -3.01. The van der Waals surface area contributed by atoms with E-state index in [1.807, 2.05) is 0 Å². The van der Waals surface area contributed by atoms with Gasteiger partial charge >= 0.3 is 12.1 Å². The summed E-state index contributed by atoms with van der Waals surface area (Å²) < 4.78 is 42.7. The van der Waals surface area contributed by atoms with Crippen LogP contribution in [-0.4, -0.2) is 18.9 Å². The van der Waals surface area contributed by atoms with E-state index in [1.165, 1.54) is 36.7 Å². The third-order valence-electron chi connectivity index (χ3n) is 3.84. The molecule has 0 radical (unpaired) electrons. The Morgan fingerprint density at radius 1 is 1.12 bits per heavy atom. The Morgan fingerprint density at radius 3 is 2.29 bits per heavy atom. The summed E-state index contributed by atoms with van der Waals surface area (Å²) in [6.45, 7) is 0. The number of benzene rings is 1. The van der Waals surface area contributed by atoms with Crippen molar-refractivity contribution in [2.45, 2.75) is 6.18 Å². The molecule has 0 saturated heterocycles. The molecule has 24 heavy (non-hydrogen) atoms. The second-order valence-corrected chi connectivity index (χ2v) is 6.19. The van der Waals surface area contributed by atoms with E-state index in [4.69, 9.17) is 4.74 Å². The van der Waals surface area contributed by atoms with Crippen LogP contribution in [0.25, 0.3) is 5.57 Å². The van der Waals surface area contributed by atoms with Crippen LogP contribution in [0.3, 0.4) is 0 Å². The average molecular weight is 352 g/mol. The lowest BCUT2D eigenvalue weighted by molar-refractivity contribution is -0.143. The van der Waals surface area contributed by atoms with Gasteiger partial charge in [0.05, 0.1) is 17.6 Å². The lowest BCUT2D eigenvalue weighted by Crippen LogP contribution is -2.29. The number of rotatable bonds is 4. The average Bonchev–Trinajstić information content (AvgIpc) is 3.08. The Labute approximate surface area is 139 Å². The largest absolute Gasteiger partial charge is 0.468 e. The van der Waals surface area contributed by atoms with Crippen LogP contribution in [0.4, 0.5) is 13.2 Å². The van der Waals surface area contributed by atoms with Crippen LogP contribution in [0.5, 0.6) is 0 Å². The Hall–Kier alpha value is -2.41. The number of ether oxygens (including phenoxy) is 1. The van der Waals surface area contributed by atoms with E-state index in [-0.39, 0.29) is 0 Å². The second-order valence-electron chi connectivity index (χ2n) is 5.24. The topological polar surface area (TPSA) is 43.4 Å². The van der Waals surface area contributed by atoms with Crippen LogP contribution >= 0.6 is 11.3 Å². The highest BCUT2D eigenvalue weighted by Gasteiger charge is 2.59. The number of carbonyl (C=O) groups excluding carboxylic acids is 2. The van der Waals surface area contributed by atoms with E-state index in [1.54, 1.807) is 17.5 Å². The number of alkyl halides is 3. The zero-order valence-electron chi connectivity index (χ0n) is 12.4. The maximum absolute atomic E-state index is 12.7. The number of halogens is 3. The third kappa shape index (κ3) is 2.54. The number of methoxy groups -OCH3 is 1. The molecule has 0 saturated carbocycles. The van der Waals surface area contributed by atoms with Gasteiger partial charge in [0, 0.05) is 0 Å². The smallest absolute Gasteiger partial charge is 0.416 e. The van der Waals surface area contributed by atoms with Gasteiger partial charge in [0.1, 0.15) is 0 Å². The molecule has 1 aliphatic carbocycles. The van der Waals surface area contributed by atoms with Gasteiger partial charge in [0.2, 0.25) is 0 Å². The molecular weight excluding hydrogens is 341 g/mol. The summed E-state index contributed by atoms with van der Waals surface area (Å²) >= 11 is 1.19. The molecule has 1 aromatic carbocycles. The molecule has 1 heterocycles. The molecule has 124 valence electrons. The Morgan fingerprint density at radius 2 is 1.79 bits per heavy atom. The van der Waals surface area contributed by atoms with Crippen molar-refractivity contribution >= 4 is 28.7 Å². The van der Waals surface area contributed by atoms with Crippen LogP contribution in [0.15, 0.2) is 47.9 Å². The second kappa shape index (κ2) is 5.59. The minimum atomic E-state index is -4.44. The Balaban J connectivity index is 1.93. The molecule has 0 amide bonds. The van der Waals surface area contributed by atoms with Gasteiger partial charge in [0.25, 0.3) is 0 Å². The highest BCUT2D eigenvalue weighted by Crippen LogP contribution is 2.54.